The number of anilines is 3. The summed E-state index contributed by atoms with van der Waals surface area (Å²) in [5, 5.41) is 2.67. The third kappa shape index (κ3) is 4.14. The molecular weight excluding hydrogens is 639 g/mol. The molecule has 0 N–H and O–H groups in total. The zero-order chi connectivity index (χ0) is 35.6. The Bertz CT molecular complexity index is 2700. The quantitative estimate of drug-likeness (QED) is 0.179. The standard InChI is InChI=1S/C52H39N/c1-51(2)46-18-9-7-14-39(46)41-26-24-34(30-48(41)51)53(35-25-27-42-40-15-8-10-19-47(40)52(3,4)49(42)31-35)33-22-20-32(21-23-33)36-28-29-45-38-13-6-5-12-37(38)44-17-11-16-43(36)50(44)45/h5-31H,1-4H3. The van der Waals surface area contributed by atoms with Crippen molar-refractivity contribution in [3.05, 3.63) is 186 Å². The van der Waals surface area contributed by atoms with Gasteiger partial charge in [0.15, 0.2) is 0 Å². The summed E-state index contributed by atoms with van der Waals surface area (Å²) in [6, 6.07) is 61.5. The fourth-order valence-electron chi connectivity index (χ4n) is 9.96. The number of nitrogens with zero attached hydrogens (tertiary/aromatic N) is 1. The van der Waals surface area contributed by atoms with Crippen LogP contribution in [0.25, 0.3) is 66.4 Å². The highest BCUT2D eigenvalue weighted by Gasteiger charge is 2.37. The predicted octanol–water partition coefficient (Wildman–Crippen LogP) is 14.2. The van der Waals surface area contributed by atoms with Crippen LogP contribution < -0.4 is 4.90 Å². The lowest BCUT2D eigenvalue weighted by molar-refractivity contribution is 0.660. The summed E-state index contributed by atoms with van der Waals surface area (Å²) >= 11 is 0. The first kappa shape index (κ1) is 30.4. The molecule has 8 aromatic rings. The van der Waals surface area contributed by atoms with Gasteiger partial charge in [-0.25, -0.2) is 0 Å². The van der Waals surface area contributed by atoms with Crippen LogP contribution >= 0.6 is 0 Å². The molecule has 0 aromatic heterocycles. The van der Waals surface area contributed by atoms with Crippen molar-refractivity contribution in [3.8, 4) is 55.6 Å². The first-order valence-corrected chi connectivity index (χ1v) is 18.9. The van der Waals surface area contributed by atoms with Crippen LogP contribution in [0.5, 0.6) is 0 Å². The molecule has 3 aliphatic rings. The summed E-state index contributed by atoms with van der Waals surface area (Å²) in [5.74, 6) is 0. The molecule has 0 bridgehead atoms. The summed E-state index contributed by atoms with van der Waals surface area (Å²) < 4.78 is 0. The van der Waals surface area contributed by atoms with Crippen LogP contribution in [0.15, 0.2) is 164 Å². The summed E-state index contributed by atoms with van der Waals surface area (Å²) in [6.07, 6.45) is 0. The second-order valence-electron chi connectivity index (χ2n) is 16.1. The van der Waals surface area contributed by atoms with Gasteiger partial charge in [-0.05, 0) is 125 Å². The second kappa shape index (κ2) is 10.7. The molecule has 0 heterocycles. The Morgan fingerprint density at radius 1 is 0.321 bits per heavy atom. The van der Waals surface area contributed by atoms with Crippen molar-refractivity contribution in [2.75, 3.05) is 4.90 Å². The molecule has 0 saturated heterocycles. The topological polar surface area (TPSA) is 3.24 Å². The zero-order valence-electron chi connectivity index (χ0n) is 30.5. The Kier molecular flexibility index (Phi) is 6.14. The van der Waals surface area contributed by atoms with Gasteiger partial charge in [0.1, 0.15) is 0 Å². The van der Waals surface area contributed by atoms with Crippen LogP contribution in [0, 0.1) is 0 Å². The Morgan fingerprint density at radius 2 is 0.736 bits per heavy atom. The van der Waals surface area contributed by atoms with Crippen molar-refractivity contribution in [1.29, 1.82) is 0 Å². The lowest BCUT2D eigenvalue weighted by Crippen LogP contribution is -2.18. The van der Waals surface area contributed by atoms with E-state index in [-0.39, 0.29) is 10.8 Å². The normalized spacial score (nSPS) is 14.7. The van der Waals surface area contributed by atoms with Crippen LogP contribution in [0.2, 0.25) is 0 Å². The number of benzene rings is 8. The monoisotopic (exact) mass is 677 g/mol. The van der Waals surface area contributed by atoms with Crippen molar-refractivity contribution in [1.82, 2.24) is 0 Å². The lowest BCUT2D eigenvalue weighted by atomic mass is 9.82. The molecule has 0 saturated carbocycles. The van der Waals surface area contributed by atoms with Gasteiger partial charge in [-0.15, -0.1) is 0 Å². The van der Waals surface area contributed by atoms with Gasteiger partial charge in [0.2, 0.25) is 0 Å². The fraction of sp³-hybridized carbons (Fsp3) is 0.115. The fourth-order valence-corrected chi connectivity index (χ4v) is 9.96. The molecule has 11 rings (SSSR count). The van der Waals surface area contributed by atoms with E-state index in [1.54, 1.807) is 0 Å². The average molecular weight is 678 g/mol. The Labute approximate surface area is 311 Å². The average Bonchev–Trinajstić information content (AvgIpc) is 3.73. The molecule has 252 valence electrons. The highest BCUT2D eigenvalue weighted by atomic mass is 15.1. The molecule has 0 spiro atoms. The summed E-state index contributed by atoms with van der Waals surface area (Å²) in [7, 11) is 0. The molecule has 0 fully saturated rings. The SMILES string of the molecule is CC1(C)c2ccccc2-c2ccc(N(c3ccc(-c4ccc5c6c(cccc46)-c4ccccc4-5)cc3)c3ccc4c(c3)C(C)(C)c3ccccc3-4)cc21. The van der Waals surface area contributed by atoms with E-state index in [4.69, 9.17) is 0 Å². The van der Waals surface area contributed by atoms with E-state index < -0.39 is 0 Å². The first-order chi connectivity index (χ1) is 25.8. The van der Waals surface area contributed by atoms with Gasteiger partial charge in [0.25, 0.3) is 0 Å². The van der Waals surface area contributed by atoms with Gasteiger partial charge in [0, 0.05) is 27.9 Å². The molecule has 0 aliphatic heterocycles. The summed E-state index contributed by atoms with van der Waals surface area (Å²) in [6.45, 7) is 9.47. The second-order valence-corrected chi connectivity index (χ2v) is 16.1. The molecule has 0 amide bonds. The molecule has 53 heavy (non-hydrogen) atoms. The molecule has 1 heteroatoms. The highest BCUT2D eigenvalue weighted by Crippen LogP contribution is 2.54. The first-order valence-electron chi connectivity index (χ1n) is 18.9. The minimum atomic E-state index is -0.0888. The van der Waals surface area contributed by atoms with E-state index in [1.807, 2.05) is 0 Å². The maximum atomic E-state index is 2.46. The van der Waals surface area contributed by atoms with E-state index >= 15 is 0 Å². The molecule has 0 radical (unpaired) electrons. The zero-order valence-corrected chi connectivity index (χ0v) is 30.5. The molecule has 0 unspecified atom stereocenters. The van der Waals surface area contributed by atoms with E-state index in [0.29, 0.717) is 0 Å². The third-order valence-electron chi connectivity index (χ3n) is 12.6. The predicted molar refractivity (Wildman–Crippen MR) is 224 cm³/mol. The maximum Gasteiger partial charge on any atom is 0.0465 e. The third-order valence-corrected chi connectivity index (χ3v) is 12.6. The van der Waals surface area contributed by atoms with Crippen LogP contribution in [-0.2, 0) is 10.8 Å². The summed E-state index contributed by atoms with van der Waals surface area (Å²) in [5.41, 5.74) is 22.1. The molecule has 0 atom stereocenters. The minimum Gasteiger partial charge on any atom is -0.310 e. The number of hydrogen-bond acceptors (Lipinski definition) is 1. The minimum absolute atomic E-state index is 0.0888. The number of hydrogen-bond donors (Lipinski definition) is 0. The van der Waals surface area contributed by atoms with E-state index in [9.17, 15) is 0 Å². The van der Waals surface area contributed by atoms with Gasteiger partial charge < -0.3 is 4.90 Å². The number of rotatable bonds is 4. The van der Waals surface area contributed by atoms with E-state index in [2.05, 4.69) is 196 Å². The lowest BCUT2D eigenvalue weighted by Gasteiger charge is -2.30. The number of fused-ring (bicyclic) bond motifs is 9. The van der Waals surface area contributed by atoms with Gasteiger partial charge in [0.05, 0.1) is 0 Å². The Hall–Kier alpha value is -6.18. The molecule has 3 aliphatic carbocycles. The van der Waals surface area contributed by atoms with Crippen LogP contribution in [0.4, 0.5) is 17.1 Å². The highest BCUT2D eigenvalue weighted by molar-refractivity contribution is 6.18. The largest absolute Gasteiger partial charge is 0.310 e. The van der Waals surface area contributed by atoms with Crippen LogP contribution in [0.1, 0.15) is 49.9 Å². The van der Waals surface area contributed by atoms with E-state index in [0.717, 1.165) is 5.69 Å². The molecular formula is C52H39N. The Balaban J connectivity index is 1.06. The maximum absolute atomic E-state index is 2.46. The van der Waals surface area contributed by atoms with Crippen LogP contribution in [0.3, 0.4) is 0 Å². The van der Waals surface area contributed by atoms with Gasteiger partial charge in [-0.1, -0.05) is 155 Å². The Morgan fingerprint density at radius 3 is 1.30 bits per heavy atom. The van der Waals surface area contributed by atoms with Crippen molar-refractivity contribution in [3.63, 3.8) is 0 Å². The van der Waals surface area contributed by atoms with Crippen molar-refractivity contribution in [2.45, 2.75) is 38.5 Å². The smallest absolute Gasteiger partial charge is 0.0465 e. The van der Waals surface area contributed by atoms with Gasteiger partial charge in [-0.3, -0.25) is 0 Å². The molecule has 8 aromatic carbocycles. The van der Waals surface area contributed by atoms with Gasteiger partial charge in [-0.2, -0.15) is 0 Å². The van der Waals surface area contributed by atoms with Crippen molar-refractivity contribution >= 4 is 27.8 Å². The summed E-state index contributed by atoms with van der Waals surface area (Å²) in [4.78, 5) is 2.46. The van der Waals surface area contributed by atoms with Crippen LogP contribution in [-0.4, -0.2) is 0 Å². The van der Waals surface area contributed by atoms with Crippen molar-refractivity contribution in [2.24, 2.45) is 0 Å². The molecule has 1 nitrogen and oxygen atoms in total. The van der Waals surface area contributed by atoms with Gasteiger partial charge >= 0.3 is 0 Å². The van der Waals surface area contributed by atoms with E-state index in [1.165, 1.54) is 100 Å². The van der Waals surface area contributed by atoms with Crippen molar-refractivity contribution < 1.29 is 0 Å².